The van der Waals surface area contributed by atoms with E-state index in [4.69, 9.17) is 16.7 Å². The molecule has 134 valence electrons. The van der Waals surface area contributed by atoms with Crippen molar-refractivity contribution in [3.05, 3.63) is 53.1 Å². The van der Waals surface area contributed by atoms with Gasteiger partial charge in [-0.3, -0.25) is 0 Å². The van der Waals surface area contributed by atoms with Gasteiger partial charge in [-0.1, -0.05) is 29.3 Å². The summed E-state index contributed by atoms with van der Waals surface area (Å²) in [4.78, 5) is 11.6. The maximum atomic E-state index is 12.1. The van der Waals surface area contributed by atoms with Gasteiger partial charge in [0.05, 0.1) is 20.5 Å². The highest BCUT2D eigenvalue weighted by Gasteiger charge is 2.18. The summed E-state index contributed by atoms with van der Waals surface area (Å²) in [6, 6.07) is 8.22. The molecule has 0 saturated heterocycles. The number of nitrogens with two attached hydrogens (primary N) is 1. The van der Waals surface area contributed by atoms with Crippen LogP contribution in [0.1, 0.15) is 5.56 Å². The standard InChI is InChI=1S/C14H14ClN3O5S2/c1-9-2-4-10(5-3-9)25(22,23)18-14(19)17-13-7-6-11(8-12(13)15)24(16,20)21/h2-8H,1H3,(H2,16,20,21)(H2,17,18,19). The Morgan fingerprint density at radius 2 is 1.56 bits per heavy atom. The van der Waals surface area contributed by atoms with Crippen LogP contribution in [-0.4, -0.2) is 22.9 Å². The average Bonchev–Trinajstić information content (AvgIpc) is 2.48. The first-order valence-corrected chi connectivity index (χ1v) is 10.1. The molecule has 0 fully saturated rings. The minimum atomic E-state index is -4.06. The lowest BCUT2D eigenvalue weighted by molar-refractivity contribution is 0.256. The zero-order valence-electron chi connectivity index (χ0n) is 12.9. The first kappa shape index (κ1) is 19.2. The number of primary sulfonamides is 1. The Hall–Kier alpha value is -2.14. The van der Waals surface area contributed by atoms with E-state index in [0.29, 0.717) is 0 Å². The number of amides is 2. The molecule has 0 aromatic heterocycles. The van der Waals surface area contributed by atoms with Crippen LogP contribution in [0.3, 0.4) is 0 Å². The normalized spacial score (nSPS) is 11.8. The quantitative estimate of drug-likeness (QED) is 0.715. The SMILES string of the molecule is Cc1ccc(S(=O)(=O)NC(=O)Nc2ccc(S(N)(=O)=O)cc2Cl)cc1. The van der Waals surface area contributed by atoms with Gasteiger partial charge in [0.25, 0.3) is 10.0 Å². The summed E-state index contributed by atoms with van der Waals surface area (Å²) >= 11 is 5.87. The summed E-state index contributed by atoms with van der Waals surface area (Å²) in [5.41, 5.74) is 0.885. The van der Waals surface area contributed by atoms with Crippen LogP contribution in [0.25, 0.3) is 0 Å². The van der Waals surface area contributed by atoms with Crippen LogP contribution in [0.2, 0.25) is 5.02 Å². The third kappa shape index (κ3) is 4.92. The molecule has 0 saturated carbocycles. The number of anilines is 1. The van der Waals surface area contributed by atoms with Crippen molar-refractivity contribution < 1.29 is 21.6 Å². The van der Waals surface area contributed by atoms with E-state index in [1.165, 1.54) is 18.2 Å². The van der Waals surface area contributed by atoms with Crippen LogP contribution < -0.4 is 15.2 Å². The van der Waals surface area contributed by atoms with Gasteiger partial charge >= 0.3 is 6.03 Å². The molecule has 2 rings (SSSR count). The lowest BCUT2D eigenvalue weighted by atomic mass is 10.2. The Bertz CT molecular complexity index is 1020. The molecule has 0 aliphatic heterocycles. The minimum absolute atomic E-state index is 0.0191. The number of aryl methyl sites for hydroxylation is 1. The number of nitrogens with one attached hydrogen (secondary N) is 2. The molecule has 0 bridgehead atoms. The van der Waals surface area contributed by atoms with Crippen molar-refractivity contribution in [3.63, 3.8) is 0 Å². The van der Waals surface area contributed by atoms with Gasteiger partial charge in [-0.25, -0.2) is 31.5 Å². The number of halogens is 1. The Morgan fingerprint density at radius 1 is 1.00 bits per heavy atom. The van der Waals surface area contributed by atoms with E-state index in [2.05, 4.69) is 5.32 Å². The first-order chi connectivity index (χ1) is 11.5. The Morgan fingerprint density at radius 3 is 2.08 bits per heavy atom. The lowest BCUT2D eigenvalue weighted by Gasteiger charge is -2.10. The monoisotopic (exact) mass is 403 g/mol. The second-order valence-corrected chi connectivity index (χ2v) is 8.71. The first-order valence-electron chi connectivity index (χ1n) is 6.72. The second kappa shape index (κ2) is 7.00. The second-order valence-electron chi connectivity index (χ2n) is 5.06. The number of urea groups is 1. The molecular weight excluding hydrogens is 390 g/mol. The van der Waals surface area contributed by atoms with E-state index in [9.17, 15) is 21.6 Å². The summed E-state index contributed by atoms with van der Waals surface area (Å²) < 4.78 is 48.5. The highest BCUT2D eigenvalue weighted by molar-refractivity contribution is 7.90. The van der Waals surface area contributed by atoms with Crippen molar-refractivity contribution in [2.75, 3.05) is 5.32 Å². The molecule has 2 aromatic rings. The van der Waals surface area contributed by atoms with Crippen molar-refractivity contribution in [2.45, 2.75) is 16.7 Å². The van der Waals surface area contributed by atoms with Gasteiger partial charge < -0.3 is 5.32 Å². The van der Waals surface area contributed by atoms with Crippen LogP contribution >= 0.6 is 11.6 Å². The van der Waals surface area contributed by atoms with Gasteiger partial charge in [0, 0.05) is 0 Å². The third-order valence-corrected chi connectivity index (χ3v) is 5.65. The Kier molecular flexibility index (Phi) is 5.37. The fraction of sp³-hybridized carbons (Fsp3) is 0.0714. The summed E-state index contributed by atoms with van der Waals surface area (Å²) in [6.45, 7) is 1.80. The maximum absolute atomic E-state index is 12.1. The molecule has 2 aromatic carbocycles. The van der Waals surface area contributed by atoms with E-state index < -0.39 is 26.1 Å². The number of hydrogen-bond acceptors (Lipinski definition) is 5. The molecular formula is C14H14ClN3O5S2. The maximum Gasteiger partial charge on any atom is 0.333 e. The van der Waals surface area contributed by atoms with Crippen molar-refractivity contribution in [1.82, 2.24) is 4.72 Å². The molecule has 25 heavy (non-hydrogen) atoms. The molecule has 0 spiro atoms. The summed E-state index contributed by atoms with van der Waals surface area (Å²) in [6.07, 6.45) is 0. The number of benzene rings is 2. The Labute approximate surface area is 150 Å². The fourth-order valence-electron chi connectivity index (χ4n) is 1.82. The van der Waals surface area contributed by atoms with Crippen molar-refractivity contribution in [1.29, 1.82) is 0 Å². The van der Waals surface area contributed by atoms with E-state index in [1.807, 2.05) is 4.72 Å². The molecule has 0 heterocycles. The molecule has 2 amide bonds. The molecule has 0 unspecified atom stereocenters. The molecule has 8 nitrogen and oxygen atoms in total. The van der Waals surface area contributed by atoms with Gasteiger partial charge in [0.1, 0.15) is 0 Å². The van der Waals surface area contributed by atoms with Crippen LogP contribution in [-0.2, 0) is 20.0 Å². The van der Waals surface area contributed by atoms with Crippen molar-refractivity contribution in [2.24, 2.45) is 5.14 Å². The summed E-state index contributed by atoms with van der Waals surface area (Å²) in [5.74, 6) is 0. The van der Waals surface area contributed by atoms with Gasteiger partial charge in [0.15, 0.2) is 0 Å². The minimum Gasteiger partial charge on any atom is -0.306 e. The number of rotatable bonds is 4. The van der Waals surface area contributed by atoms with Gasteiger partial charge in [-0.05, 0) is 37.3 Å². The van der Waals surface area contributed by atoms with E-state index in [0.717, 1.165) is 17.7 Å². The number of carbonyl (C=O) groups excluding carboxylic acids is 1. The smallest absolute Gasteiger partial charge is 0.306 e. The number of sulfonamides is 2. The van der Waals surface area contributed by atoms with Crippen LogP contribution in [0.15, 0.2) is 52.3 Å². The third-order valence-electron chi connectivity index (χ3n) is 3.08. The van der Waals surface area contributed by atoms with E-state index >= 15 is 0 Å². The summed E-state index contributed by atoms with van der Waals surface area (Å²) in [5, 5.41) is 7.08. The Balaban J connectivity index is 2.16. The van der Waals surface area contributed by atoms with Crippen molar-refractivity contribution in [3.8, 4) is 0 Å². The zero-order chi connectivity index (χ0) is 18.8. The van der Waals surface area contributed by atoms with E-state index in [-0.39, 0.29) is 20.5 Å². The summed E-state index contributed by atoms with van der Waals surface area (Å²) in [7, 11) is -8.01. The predicted octanol–water partition coefficient (Wildman–Crippen LogP) is 1.81. The topological polar surface area (TPSA) is 135 Å². The molecule has 0 atom stereocenters. The van der Waals surface area contributed by atoms with Gasteiger partial charge in [0.2, 0.25) is 10.0 Å². The van der Waals surface area contributed by atoms with Crippen LogP contribution in [0.5, 0.6) is 0 Å². The lowest BCUT2D eigenvalue weighted by Crippen LogP contribution is -2.34. The largest absolute Gasteiger partial charge is 0.333 e. The number of hydrogen-bond donors (Lipinski definition) is 3. The molecule has 0 aliphatic carbocycles. The number of carbonyl (C=O) groups is 1. The van der Waals surface area contributed by atoms with Gasteiger partial charge in [-0.15, -0.1) is 0 Å². The zero-order valence-corrected chi connectivity index (χ0v) is 15.2. The molecule has 0 radical (unpaired) electrons. The van der Waals surface area contributed by atoms with Crippen LogP contribution in [0.4, 0.5) is 10.5 Å². The van der Waals surface area contributed by atoms with Gasteiger partial charge in [-0.2, -0.15) is 0 Å². The van der Waals surface area contributed by atoms with E-state index in [1.54, 1.807) is 19.1 Å². The average molecular weight is 404 g/mol. The molecule has 4 N–H and O–H groups in total. The molecule has 0 aliphatic rings. The van der Waals surface area contributed by atoms with Crippen molar-refractivity contribution >= 4 is 43.4 Å². The van der Waals surface area contributed by atoms with Crippen LogP contribution in [0, 0.1) is 6.92 Å². The highest BCUT2D eigenvalue weighted by Crippen LogP contribution is 2.24. The molecule has 11 heteroatoms. The predicted molar refractivity (Wildman–Crippen MR) is 93.3 cm³/mol. The highest BCUT2D eigenvalue weighted by atomic mass is 35.5. The fourth-order valence-corrected chi connectivity index (χ4v) is 3.56.